The van der Waals surface area contributed by atoms with Crippen molar-refractivity contribution in [3.63, 3.8) is 0 Å². The summed E-state index contributed by atoms with van der Waals surface area (Å²) >= 11 is 1.49. The monoisotopic (exact) mass is 164 g/mol. The zero-order chi connectivity index (χ0) is 4.28. The third-order valence-corrected chi connectivity index (χ3v) is 4.19. The fourth-order valence-electron chi connectivity index (χ4n) is 0. The second-order valence-electron chi connectivity index (χ2n) is 1.07. The molecule has 0 aromatic carbocycles. The Morgan fingerprint density at radius 1 is 1.80 bits per heavy atom. The van der Waals surface area contributed by atoms with Crippen LogP contribution >= 0.6 is 4.17 Å². The molecule has 0 aliphatic rings. The molecule has 0 saturated heterocycles. The van der Waals surface area contributed by atoms with Gasteiger partial charge in [0.1, 0.15) is 0 Å². The minimum absolute atomic E-state index is 0.532. The van der Waals surface area contributed by atoms with Gasteiger partial charge < -0.3 is 0 Å². The summed E-state index contributed by atoms with van der Waals surface area (Å²) in [6.45, 7) is 4.61. The molecule has 28 valence electrons. The van der Waals surface area contributed by atoms with Crippen molar-refractivity contribution in [2.45, 2.75) is 6.92 Å². The van der Waals surface area contributed by atoms with Gasteiger partial charge in [0, 0.05) is 0 Å². The Labute approximate surface area is 53.9 Å². The van der Waals surface area contributed by atoms with Gasteiger partial charge in [-0.15, -0.1) is 0 Å². The first kappa shape index (κ1) is 6.53. The van der Waals surface area contributed by atoms with E-state index in [-0.39, 0.29) is 0 Å². The number of rotatable bonds is 1. The molecule has 0 heterocycles. The molecule has 1 unspecified atom stereocenters. The quantitative estimate of drug-likeness (QED) is 0.516. The van der Waals surface area contributed by atoms with E-state index in [0.717, 1.165) is 0 Å². The van der Waals surface area contributed by atoms with Gasteiger partial charge in [0.15, 0.2) is 0 Å². The van der Waals surface area contributed by atoms with Gasteiger partial charge in [-0.25, -0.2) is 0 Å². The van der Waals surface area contributed by atoms with E-state index in [9.17, 15) is 0 Å². The maximum absolute atomic E-state index is 2.34. The van der Waals surface area contributed by atoms with Gasteiger partial charge in [0.2, 0.25) is 0 Å². The average Bonchev–Trinajstić information content (AvgIpc) is 1.38. The van der Waals surface area contributed by atoms with Gasteiger partial charge in [-0.2, -0.15) is 0 Å². The predicted molar refractivity (Wildman–Crippen MR) is 23.4 cm³/mol. The zero-order valence-corrected chi connectivity index (χ0v) is 7.46. The molecule has 0 aliphatic heterocycles. The van der Waals surface area contributed by atoms with E-state index in [0.29, 0.717) is 4.17 Å². The molecule has 0 aromatic heterocycles. The molecule has 0 bridgehead atoms. The molecule has 2 heteroatoms. The zero-order valence-electron chi connectivity index (χ0n) is 3.73. The van der Waals surface area contributed by atoms with Gasteiger partial charge >= 0.3 is 54.2 Å². The fraction of sp³-hybridized carbons (Fsp3) is 1.00. The van der Waals surface area contributed by atoms with Crippen LogP contribution in [0.5, 0.6) is 0 Å². The minimum atomic E-state index is 0.532. The topological polar surface area (TPSA) is 0 Å². The van der Waals surface area contributed by atoms with E-state index in [1.54, 1.807) is 0 Å². The van der Waals surface area contributed by atoms with E-state index in [1.807, 2.05) is 0 Å². The molecule has 0 aromatic rings. The summed E-state index contributed by atoms with van der Waals surface area (Å²) in [5, 5.41) is 0. The summed E-state index contributed by atoms with van der Waals surface area (Å²) in [7, 11) is 0. The van der Waals surface area contributed by atoms with Crippen molar-refractivity contribution < 1.29 is 30.3 Å². The predicted octanol–water partition coefficient (Wildman–Crippen LogP) is 1.58. The van der Waals surface area contributed by atoms with Crippen LogP contribution < -0.4 is 0 Å². The van der Waals surface area contributed by atoms with Crippen molar-refractivity contribution in [1.29, 1.82) is 0 Å². The Morgan fingerprint density at radius 2 is 2.00 bits per heavy atom. The van der Waals surface area contributed by atoms with Gasteiger partial charge in [0.25, 0.3) is 0 Å². The van der Waals surface area contributed by atoms with Gasteiger partial charge in [-0.1, -0.05) is 0 Å². The molecular formula is C3H8PY. The van der Waals surface area contributed by atoms with Crippen molar-refractivity contribution in [1.82, 2.24) is 0 Å². The standard InChI is InChI=1S/C3H8P.Y/c1-3-4-2;/h3H2,1-2H3;/q-1;+1. The first-order valence-corrected chi connectivity index (χ1v) is 7.58. The molecule has 0 spiro atoms. The molecule has 5 heavy (non-hydrogen) atoms. The van der Waals surface area contributed by atoms with Crippen LogP contribution in [0.4, 0.5) is 0 Å². The molecule has 0 rings (SSSR count). The average molecular weight is 164 g/mol. The third kappa shape index (κ3) is 5.53. The molecule has 1 atom stereocenters. The first-order chi connectivity index (χ1) is 2.27. The van der Waals surface area contributed by atoms with Gasteiger partial charge in [0.05, 0.1) is 0 Å². The Morgan fingerprint density at radius 3 is 2.00 bits per heavy atom. The molecule has 0 N–H and O–H groups in total. The summed E-state index contributed by atoms with van der Waals surface area (Å²) in [5.74, 6) is 0. The van der Waals surface area contributed by atoms with Crippen LogP contribution in [0.1, 0.15) is 6.92 Å². The summed E-state index contributed by atoms with van der Waals surface area (Å²) in [6, 6.07) is 0. The van der Waals surface area contributed by atoms with Crippen LogP contribution in [0.25, 0.3) is 0 Å². The van der Waals surface area contributed by atoms with Crippen LogP contribution in [-0.4, -0.2) is 12.8 Å². The van der Waals surface area contributed by atoms with E-state index >= 15 is 0 Å². The molecule has 0 amide bonds. The first-order valence-electron chi connectivity index (χ1n) is 1.73. The summed E-state index contributed by atoms with van der Waals surface area (Å²) in [4.78, 5) is 0. The van der Waals surface area contributed by atoms with Crippen LogP contribution in [0, 0.1) is 0 Å². The molecule has 0 fully saturated rings. The van der Waals surface area contributed by atoms with Crippen molar-refractivity contribution in [2.75, 3.05) is 12.8 Å². The normalized spacial score (nSPS) is 14.6. The molecule has 0 nitrogen and oxygen atoms in total. The fourth-order valence-corrected chi connectivity index (χ4v) is 0. The Bertz CT molecular complexity index is 20.9. The molecule has 0 saturated carbocycles. The molecular weight excluding hydrogens is 156 g/mol. The molecule has 0 radical (unpaired) electrons. The van der Waals surface area contributed by atoms with E-state index < -0.39 is 0 Å². The van der Waals surface area contributed by atoms with Crippen molar-refractivity contribution in [2.24, 2.45) is 0 Å². The second-order valence-corrected chi connectivity index (χ2v) is 9.72. The van der Waals surface area contributed by atoms with E-state index in [2.05, 4.69) is 13.6 Å². The SMILES string of the molecule is CC[P](C)[Y]. The van der Waals surface area contributed by atoms with Crippen LogP contribution in [-0.2, 0) is 30.3 Å². The summed E-state index contributed by atoms with van der Waals surface area (Å²) in [5.41, 5.74) is 0. The number of hydrogen-bond acceptors (Lipinski definition) is 0. The second kappa shape index (κ2) is 3.71. The third-order valence-electron chi connectivity index (χ3n) is 0.499. The number of hydrogen-bond donors (Lipinski definition) is 0. The Balaban J connectivity index is 2.54. The van der Waals surface area contributed by atoms with Crippen molar-refractivity contribution in [3.8, 4) is 0 Å². The Kier molecular flexibility index (Phi) is 4.85. The van der Waals surface area contributed by atoms with Crippen LogP contribution in [0.3, 0.4) is 0 Å². The van der Waals surface area contributed by atoms with Crippen molar-refractivity contribution >= 4 is 4.17 Å². The van der Waals surface area contributed by atoms with Crippen LogP contribution in [0.2, 0.25) is 0 Å². The maximum atomic E-state index is 2.34. The Hall–Kier alpha value is 1.53. The molecule has 0 aliphatic carbocycles. The van der Waals surface area contributed by atoms with Crippen molar-refractivity contribution in [3.05, 3.63) is 0 Å². The van der Waals surface area contributed by atoms with Crippen LogP contribution in [0.15, 0.2) is 0 Å². The van der Waals surface area contributed by atoms with E-state index in [4.69, 9.17) is 0 Å². The summed E-state index contributed by atoms with van der Waals surface area (Å²) in [6.07, 6.45) is 1.43. The van der Waals surface area contributed by atoms with Gasteiger partial charge in [-0.05, 0) is 0 Å². The summed E-state index contributed by atoms with van der Waals surface area (Å²) < 4.78 is 0.532. The van der Waals surface area contributed by atoms with E-state index in [1.165, 1.54) is 36.4 Å². The van der Waals surface area contributed by atoms with Gasteiger partial charge in [-0.3, -0.25) is 0 Å².